The fraction of sp³-hybridized carbons (Fsp3) is 1.00. The van der Waals surface area contributed by atoms with Crippen LogP contribution in [0.15, 0.2) is 0 Å². The van der Waals surface area contributed by atoms with Crippen LogP contribution < -0.4 is 5.32 Å². The minimum Gasteiger partial charge on any atom is -0.381 e. The zero-order chi connectivity index (χ0) is 13.0. The minimum atomic E-state index is 0.348. The highest BCUT2D eigenvalue weighted by Crippen LogP contribution is 2.31. The molecular weight excluding hydrogens is 224 g/mol. The van der Waals surface area contributed by atoms with E-state index in [2.05, 4.69) is 31.0 Å². The molecule has 2 aliphatic rings. The van der Waals surface area contributed by atoms with Crippen molar-refractivity contribution in [2.75, 3.05) is 32.8 Å². The second kappa shape index (κ2) is 6.36. The Bertz CT molecular complexity index is 245. The zero-order valence-electron chi connectivity index (χ0n) is 12.4. The number of rotatable bonds is 7. The summed E-state index contributed by atoms with van der Waals surface area (Å²) in [5.41, 5.74) is 0.348. The number of nitrogens with zero attached hydrogens (tertiary/aromatic N) is 1. The maximum Gasteiger partial charge on any atom is 0.0546 e. The van der Waals surface area contributed by atoms with Crippen LogP contribution >= 0.6 is 0 Å². The third kappa shape index (κ3) is 3.94. The van der Waals surface area contributed by atoms with Gasteiger partial charge in [0.2, 0.25) is 0 Å². The van der Waals surface area contributed by atoms with Crippen LogP contribution in [0.1, 0.15) is 46.5 Å². The topological polar surface area (TPSA) is 24.5 Å². The fourth-order valence-electron chi connectivity index (χ4n) is 2.97. The summed E-state index contributed by atoms with van der Waals surface area (Å²) in [7, 11) is 0. The average molecular weight is 254 g/mol. The quantitative estimate of drug-likeness (QED) is 0.754. The Balaban J connectivity index is 1.93. The predicted octanol–water partition coefficient (Wildman–Crippen LogP) is 2.27. The molecule has 0 spiro atoms. The number of hydrogen-bond donors (Lipinski definition) is 1. The van der Waals surface area contributed by atoms with Gasteiger partial charge in [-0.1, -0.05) is 6.92 Å². The SMILES string of the molecule is CCN(CC1(CNC2CC2)CCCOC1)C(C)C. The van der Waals surface area contributed by atoms with Crippen molar-refractivity contribution in [2.24, 2.45) is 5.41 Å². The lowest BCUT2D eigenvalue weighted by Crippen LogP contribution is -2.50. The number of hydrogen-bond acceptors (Lipinski definition) is 3. The summed E-state index contributed by atoms with van der Waals surface area (Å²) in [6.07, 6.45) is 5.29. The van der Waals surface area contributed by atoms with Gasteiger partial charge in [0.15, 0.2) is 0 Å². The van der Waals surface area contributed by atoms with E-state index in [0.29, 0.717) is 11.5 Å². The molecular formula is C15H30N2O. The van der Waals surface area contributed by atoms with E-state index in [9.17, 15) is 0 Å². The Morgan fingerprint density at radius 3 is 2.67 bits per heavy atom. The van der Waals surface area contributed by atoms with E-state index < -0.39 is 0 Å². The Hall–Kier alpha value is -0.120. The molecule has 0 aromatic heterocycles. The highest BCUT2D eigenvalue weighted by Gasteiger charge is 2.36. The van der Waals surface area contributed by atoms with E-state index in [1.807, 2.05) is 0 Å². The van der Waals surface area contributed by atoms with Crippen molar-refractivity contribution in [3.63, 3.8) is 0 Å². The van der Waals surface area contributed by atoms with Crippen LogP contribution in [-0.2, 0) is 4.74 Å². The van der Waals surface area contributed by atoms with E-state index in [-0.39, 0.29) is 0 Å². The predicted molar refractivity (Wildman–Crippen MR) is 75.9 cm³/mol. The molecule has 1 aliphatic carbocycles. The lowest BCUT2D eigenvalue weighted by Gasteiger charge is -2.42. The van der Waals surface area contributed by atoms with Crippen LogP contribution in [0.25, 0.3) is 0 Å². The molecule has 1 unspecified atom stereocenters. The summed E-state index contributed by atoms with van der Waals surface area (Å²) in [6.45, 7) is 12.2. The first-order chi connectivity index (χ1) is 8.65. The largest absolute Gasteiger partial charge is 0.381 e. The highest BCUT2D eigenvalue weighted by molar-refractivity contribution is 4.91. The van der Waals surface area contributed by atoms with Crippen LogP contribution in [0.3, 0.4) is 0 Å². The zero-order valence-corrected chi connectivity index (χ0v) is 12.4. The molecule has 3 nitrogen and oxygen atoms in total. The fourth-order valence-corrected chi connectivity index (χ4v) is 2.97. The maximum atomic E-state index is 5.80. The van der Waals surface area contributed by atoms with E-state index in [1.54, 1.807) is 0 Å². The summed E-state index contributed by atoms with van der Waals surface area (Å²) in [5.74, 6) is 0. The van der Waals surface area contributed by atoms with E-state index in [4.69, 9.17) is 4.74 Å². The summed E-state index contributed by atoms with van der Waals surface area (Å²) < 4.78 is 5.80. The molecule has 0 radical (unpaired) electrons. The van der Waals surface area contributed by atoms with Gasteiger partial charge in [0.05, 0.1) is 6.61 Å². The molecule has 1 saturated heterocycles. The third-order valence-corrected chi connectivity index (χ3v) is 4.42. The lowest BCUT2D eigenvalue weighted by atomic mass is 9.81. The molecule has 1 N–H and O–H groups in total. The summed E-state index contributed by atoms with van der Waals surface area (Å²) >= 11 is 0. The first-order valence-electron chi connectivity index (χ1n) is 7.70. The Kier molecular flexibility index (Phi) is 5.05. The smallest absolute Gasteiger partial charge is 0.0546 e. The van der Waals surface area contributed by atoms with Crippen LogP contribution in [-0.4, -0.2) is 49.8 Å². The first-order valence-corrected chi connectivity index (χ1v) is 7.70. The third-order valence-electron chi connectivity index (χ3n) is 4.42. The van der Waals surface area contributed by atoms with Gasteiger partial charge in [0.25, 0.3) is 0 Å². The van der Waals surface area contributed by atoms with Gasteiger partial charge in [-0.15, -0.1) is 0 Å². The van der Waals surface area contributed by atoms with Crippen molar-refractivity contribution >= 4 is 0 Å². The van der Waals surface area contributed by atoms with Crippen molar-refractivity contribution in [1.82, 2.24) is 10.2 Å². The highest BCUT2D eigenvalue weighted by atomic mass is 16.5. The standard InChI is InChI=1S/C15H30N2O/c1-4-17(13(2)3)11-15(8-5-9-18-12-15)10-16-14-6-7-14/h13-14,16H,4-12H2,1-3H3. The molecule has 0 aromatic rings. The molecule has 106 valence electrons. The lowest BCUT2D eigenvalue weighted by molar-refractivity contribution is -0.0301. The summed E-state index contributed by atoms with van der Waals surface area (Å²) in [4.78, 5) is 2.59. The van der Waals surface area contributed by atoms with Gasteiger partial charge < -0.3 is 15.0 Å². The maximum absolute atomic E-state index is 5.80. The van der Waals surface area contributed by atoms with Crippen LogP contribution in [0.2, 0.25) is 0 Å². The average Bonchev–Trinajstić information content (AvgIpc) is 3.19. The Morgan fingerprint density at radius 1 is 1.39 bits per heavy atom. The van der Waals surface area contributed by atoms with Gasteiger partial charge in [-0.25, -0.2) is 0 Å². The van der Waals surface area contributed by atoms with Gasteiger partial charge in [-0.05, 0) is 46.1 Å². The van der Waals surface area contributed by atoms with Crippen LogP contribution in [0.4, 0.5) is 0 Å². The second-order valence-corrected chi connectivity index (χ2v) is 6.47. The Labute approximate surface area is 112 Å². The molecule has 2 rings (SSSR count). The van der Waals surface area contributed by atoms with Crippen molar-refractivity contribution in [1.29, 1.82) is 0 Å². The van der Waals surface area contributed by atoms with Gasteiger partial charge in [0, 0.05) is 37.2 Å². The van der Waals surface area contributed by atoms with E-state index in [0.717, 1.165) is 32.3 Å². The summed E-state index contributed by atoms with van der Waals surface area (Å²) in [6, 6.07) is 1.44. The first kappa shape index (κ1) is 14.3. The molecule has 1 heterocycles. The van der Waals surface area contributed by atoms with Crippen molar-refractivity contribution in [3.05, 3.63) is 0 Å². The molecule has 1 saturated carbocycles. The normalized spacial score (nSPS) is 29.2. The molecule has 0 bridgehead atoms. The molecule has 3 heteroatoms. The van der Waals surface area contributed by atoms with E-state index >= 15 is 0 Å². The van der Waals surface area contributed by atoms with Crippen LogP contribution in [0, 0.1) is 5.41 Å². The van der Waals surface area contributed by atoms with Crippen molar-refractivity contribution < 1.29 is 4.74 Å². The summed E-state index contributed by atoms with van der Waals surface area (Å²) in [5, 5.41) is 3.73. The van der Waals surface area contributed by atoms with Gasteiger partial charge in [-0.3, -0.25) is 0 Å². The molecule has 1 aliphatic heterocycles. The van der Waals surface area contributed by atoms with Gasteiger partial charge in [0.1, 0.15) is 0 Å². The van der Waals surface area contributed by atoms with Crippen molar-refractivity contribution in [3.8, 4) is 0 Å². The molecule has 2 fully saturated rings. The van der Waals surface area contributed by atoms with Gasteiger partial charge in [-0.2, -0.15) is 0 Å². The van der Waals surface area contributed by atoms with Crippen molar-refractivity contribution in [2.45, 2.75) is 58.5 Å². The molecule has 1 atom stereocenters. The molecule has 0 amide bonds. The van der Waals surface area contributed by atoms with Crippen LogP contribution in [0.5, 0.6) is 0 Å². The minimum absolute atomic E-state index is 0.348. The number of nitrogens with one attached hydrogen (secondary N) is 1. The van der Waals surface area contributed by atoms with Gasteiger partial charge >= 0.3 is 0 Å². The number of ether oxygens (including phenoxy) is 1. The second-order valence-electron chi connectivity index (χ2n) is 6.47. The molecule has 0 aromatic carbocycles. The molecule has 18 heavy (non-hydrogen) atoms. The monoisotopic (exact) mass is 254 g/mol. The van der Waals surface area contributed by atoms with E-state index in [1.165, 1.54) is 32.2 Å². The Morgan fingerprint density at radius 2 is 2.17 bits per heavy atom.